The summed E-state index contributed by atoms with van der Waals surface area (Å²) in [5, 5.41) is 0.471. The summed E-state index contributed by atoms with van der Waals surface area (Å²) in [6.07, 6.45) is 0.704. The van der Waals surface area contributed by atoms with Crippen LogP contribution in [0.1, 0.15) is 41.5 Å². The average molecular weight is 231 g/mol. The third kappa shape index (κ3) is 4.97. The van der Waals surface area contributed by atoms with E-state index >= 15 is 0 Å². The Morgan fingerprint density at radius 1 is 1.00 bits per heavy atom. The van der Waals surface area contributed by atoms with Gasteiger partial charge in [0.1, 0.15) is 0 Å². The summed E-state index contributed by atoms with van der Waals surface area (Å²) in [6.45, 7) is 13.5. The fourth-order valence-corrected chi connectivity index (χ4v) is 5.27. The lowest BCUT2D eigenvalue weighted by Crippen LogP contribution is -2.33. The molecule has 0 aromatic heterocycles. The van der Waals surface area contributed by atoms with Crippen molar-refractivity contribution in [2.75, 3.05) is 20.3 Å². The van der Waals surface area contributed by atoms with Crippen LogP contribution in [0.5, 0.6) is 0 Å². The predicted octanol–water partition coefficient (Wildman–Crippen LogP) is 3.15. The van der Waals surface area contributed by atoms with Gasteiger partial charge < -0.3 is 4.90 Å². The van der Waals surface area contributed by atoms with Gasteiger partial charge in [-0.05, 0) is 10.3 Å². The Labute approximate surface area is 96.2 Å². The molecule has 0 aromatic rings. The molecular formula is C12H26NOP. The van der Waals surface area contributed by atoms with Crippen LogP contribution in [0.4, 0.5) is 0 Å². The molecule has 0 spiro atoms. The van der Waals surface area contributed by atoms with Gasteiger partial charge in [-0.3, -0.25) is 4.79 Å². The maximum Gasteiger partial charge on any atom is 0.226 e. The van der Waals surface area contributed by atoms with E-state index in [-0.39, 0.29) is 24.1 Å². The number of hydrogen-bond acceptors (Lipinski definition) is 1. The normalized spacial score (nSPS) is 13.1. The van der Waals surface area contributed by atoms with Crippen molar-refractivity contribution in [1.29, 1.82) is 0 Å². The van der Waals surface area contributed by atoms with Crippen molar-refractivity contribution in [2.45, 2.75) is 51.9 Å². The van der Waals surface area contributed by atoms with Crippen LogP contribution in [0.3, 0.4) is 0 Å². The highest BCUT2D eigenvalue weighted by Crippen LogP contribution is 2.58. The first-order chi connectivity index (χ1) is 6.46. The van der Waals surface area contributed by atoms with Gasteiger partial charge in [-0.2, -0.15) is 0 Å². The van der Waals surface area contributed by atoms with E-state index in [0.717, 1.165) is 0 Å². The first-order valence-corrected chi connectivity index (χ1v) is 6.97. The van der Waals surface area contributed by atoms with Crippen molar-refractivity contribution in [3.8, 4) is 0 Å². The third-order valence-corrected chi connectivity index (χ3v) is 6.24. The van der Waals surface area contributed by atoms with Crippen molar-refractivity contribution in [3.63, 3.8) is 0 Å². The van der Waals surface area contributed by atoms with E-state index in [2.05, 4.69) is 41.5 Å². The molecule has 3 heteroatoms. The molecule has 0 unspecified atom stereocenters. The number of carbonyl (C=O) groups is 1. The fourth-order valence-electron chi connectivity index (χ4n) is 1.76. The molecular weight excluding hydrogens is 205 g/mol. The number of rotatable bonds is 2. The van der Waals surface area contributed by atoms with Gasteiger partial charge in [0.15, 0.2) is 0 Å². The maximum absolute atomic E-state index is 11.8. The molecule has 0 N–H and O–H groups in total. The largest absolute Gasteiger partial charge is 0.349 e. The highest BCUT2D eigenvalue weighted by molar-refractivity contribution is 7.61. The van der Waals surface area contributed by atoms with E-state index in [1.165, 1.54) is 0 Å². The van der Waals surface area contributed by atoms with Crippen molar-refractivity contribution < 1.29 is 4.79 Å². The topological polar surface area (TPSA) is 20.3 Å². The molecule has 1 amide bonds. The minimum Gasteiger partial charge on any atom is -0.349 e. The lowest BCUT2D eigenvalue weighted by molar-refractivity contribution is -0.126. The molecule has 0 heterocycles. The van der Waals surface area contributed by atoms with E-state index in [4.69, 9.17) is 0 Å². The van der Waals surface area contributed by atoms with Gasteiger partial charge in [-0.25, -0.2) is 0 Å². The molecule has 0 rings (SSSR count). The summed E-state index contributed by atoms with van der Waals surface area (Å²) in [5.74, 6) is 0.256. The van der Waals surface area contributed by atoms with Crippen molar-refractivity contribution in [1.82, 2.24) is 4.90 Å². The van der Waals surface area contributed by atoms with Crippen molar-refractivity contribution in [3.05, 3.63) is 0 Å². The zero-order chi connectivity index (χ0) is 12.4. The van der Waals surface area contributed by atoms with E-state index in [1.54, 1.807) is 4.90 Å². The van der Waals surface area contributed by atoms with Crippen LogP contribution < -0.4 is 0 Å². The summed E-state index contributed by atoms with van der Waals surface area (Å²) in [6, 6.07) is 0. The van der Waals surface area contributed by atoms with Crippen LogP contribution >= 0.6 is 7.92 Å². The first-order valence-electron chi connectivity index (χ1n) is 5.44. The minimum absolute atomic E-state index is 0.235. The monoisotopic (exact) mass is 231 g/mol. The summed E-state index contributed by atoms with van der Waals surface area (Å²) in [5.41, 5.74) is 0. The third-order valence-electron chi connectivity index (χ3n) is 2.41. The molecule has 0 fully saturated rings. The van der Waals surface area contributed by atoms with Crippen LogP contribution in [0.25, 0.3) is 0 Å². The molecule has 15 heavy (non-hydrogen) atoms. The summed E-state index contributed by atoms with van der Waals surface area (Å²) >= 11 is 0. The van der Waals surface area contributed by atoms with Crippen LogP contribution in [0, 0.1) is 0 Å². The quantitative estimate of drug-likeness (QED) is 0.668. The highest BCUT2D eigenvalue weighted by Gasteiger charge is 2.35. The van der Waals surface area contributed by atoms with Gasteiger partial charge in [-0.15, -0.1) is 0 Å². The SMILES string of the molecule is CN(C)C(=O)CP(C(C)(C)C)C(C)(C)C. The molecule has 0 radical (unpaired) electrons. The van der Waals surface area contributed by atoms with Crippen LogP contribution in [-0.4, -0.2) is 41.4 Å². The standard InChI is InChI=1S/C12H26NOP/c1-11(2,3)15(12(4,5)6)9-10(14)13(7)8/h9H2,1-8H3. The second-order valence-corrected chi connectivity index (χ2v) is 10.1. The molecule has 2 nitrogen and oxygen atoms in total. The van der Waals surface area contributed by atoms with Gasteiger partial charge in [0.05, 0.1) is 0 Å². The molecule has 0 aliphatic rings. The van der Waals surface area contributed by atoms with Gasteiger partial charge in [0.2, 0.25) is 5.91 Å². The van der Waals surface area contributed by atoms with Crippen LogP contribution in [0.2, 0.25) is 0 Å². The first kappa shape index (κ1) is 14.9. The molecule has 90 valence electrons. The lowest BCUT2D eigenvalue weighted by atomic mass is 10.2. The van der Waals surface area contributed by atoms with Crippen LogP contribution in [0.15, 0.2) is 0 Å². The number of hydrogen-bond donors (Lipinski definition) is 0. The van der Waals surface area contributed by atoms with E-state index in [0.29, 0.717) is 6.16 Å². The van der Waals surface area contributed by atoms with Gasteiger partial charge in [-0.1, -0.05) is 49.5 Å². The average Bonchev–Trinajstić information content (AvgIpc) is 1.94. The minimum atomic E-state index is -0.306. The Morgan fingerprint density at radius 3 is 1.53 bits per heavy atom. The molecule has 0 aromatic carbocycles. The Bertz CT molecular complexity index is 209. The zero-order valence-electron chi connectivity index (χ0n) is 11.5. The molecule has 0 bridgehead atoms. The van der Waals surface area contributed by atoms with Gasteiger partial charge in [0.25, 0.3) is 0 Å². The molecule has 0 aliphatic heterocycles. The zero-order valence-corrected chi connectivity index (χ0v) is 12.4. The maximum atomic E-state index is 11.8. The molecule has 0 aliphatic carbocycles. The fraction of sp³-hybridized carbons (Fsp3) is 0.917. The number of nitrogens with zero attached hydrogens (tertiary/aromatic N) is 1. The smallest absolute Gasteiger partial charge is 0.226 e. The lowest BCUT2D eigenvalue weighted by Gasteiger charge is -2.41. The number of carbonyl (C=O) groups excluding carboxylic acids is 1. The second kappa shape index (κ2) is 4.82. The van der Waals surface area contributed by atoms with E-state index < -0.39 is 0 Å². The van der Waals surface area contributed by atoms with Gasteiger partial charge in [0, 0.05) is 20.3 Å². The van der Waals surface area contributed by atoms with Crippen molar-refractivity contribution in [2.24, 2.45) is 0 Å². The molecule has 0 atom stereocenters. The van der Waals surface area contributed by atoms with E-state index in [1.807, 2.05) is 14.1 Å². The summed E-state index contributed by atoms with van der Waals surface area (Å²) in [7, 11) is 3.36. The predicted molar refractivity (Wildman–Crippen MR) is 70.0 cm³/mol. The number of amides is 1. The van der Waals surface area contributed by atoms with E-state index in [9.17, 15) is 4.79 Å². The second-order valence-electron chi connectivity index (χ2n) is 6.22. The Morgan fingerprint density at radius 2 is 1.33 bits per heavy atom. The summed E-state index contributed by atoms with van der Waals surface area (Å²) in [4.78, 5) is 13.5. The van der Waals surface area contributed by atoms with Crippen LogP contribution in [-0.2, 0) is 4.79 Å². The molecule has 0 saturated carbocycles. The molecule has 0 saturated heterocycles. The summed E-state index contributed by atoms with van der Waals surface area (Å²) < 4.78 is 0. The van der Waals surface area contributed by atoms with Gasteiger partial charge >= 0.3 is 0 Å². The van der Waals surface area contributed by atoms with Crippen molar-refractivity contribution >= 4 is 13.8 Å². The Hall–Kier alpha value is -0.100. The Balaban J connectivity index is 4.77. The highest BCUT2D eigenvalue weighted by atomic mass is 31.1. The Kier molecular flexibility index (Phi) is 4.79.